The van der Waals surface area contributed by atoms with Gasteiger partial charge >= 0.3 is 11.9 Å². The highest BCUT2D eigenvalue weighted by atomic mass is 16.5. The highest BCUT2D eigenvalue weighted by Crippen LogP contribution is 2.44. The van der Waals surface area contributed by atoms with Crippen LogP contribution in [0.25, 0.3) is 0 Å². The first-order valence-electron chi connectivity index (χ1n) is 15.2. The Bertz CT molecular complexity index is 886. The minimum atomic E-state index is -0.984. The molecule has 2 rings (SSSR count). The Labute approximate surface area is 235 Å². The molecule has 0 unspecified atom stereocenters. The topological polar surface area (TPSA) is 88.1 Å². The average molecular weight is 547 g/mol. The molecule has 0 spiro atoms. The lowest BCUT2D eigenvalue weighted by Gasteiger charge is -2.39. The van der Waals surface area contributed by atoms with Gasteiger partial charge < -0.3 is 18.9 Å². The van der Waals surface area contributed by atoms with Gasteiger partial charge in [0.25, 0.3) is 0 Å². The van der Waals surface area contributed by atoms with Gasteiger partial charge in [-0.15, -0.1) is 0 Å². The number of rotatable bonds is 20. The Kier molecular flexibility index (Phi) is 15.0. The van der Waals surface area contributed by atoms with E-state index in [1.165, 1.54) is 38.5 Å². The van der Waals surface area contributed by atoms with Crippen molar-refractivity contribution in [3.05, 3.63) is 23.3 Å². The highest BCUT2D eigenvalue weighted by Gasteiger charge is 2.42. The molecule has 1 aliphatic rings. The quantitative estimate of drug-likeness (QED) is 0.123. The maximum absolute atomic E-state index is 13.4. The van der Waals surface area contributed by atoms with Gasteiger partial charge in [-0.3, -0.25) is 14.4 Å². The lowest BCUT2D eigenvalue weighted by Crippen LogP contribution is -2.43. The fraction of sp³-hybridized carbons (Fsp3) is 0.719. The first-order valence-corrected chi connectivity index (χ1v) is 15.2. The second-order valence-corrected chi connectivity index (χ2v) is 10.5. The van der Waals surface area contributed by atoms with Crippen LogP contribution in [-0.2, 0) is 25.5 Å². The molecule has 0 radical (unpaired) electrons. The molecule has 0 fully saturated rings. The number of Topliss-reactive ketones (excluding diaryl/α,β-unsaturated/α-hetero) is 1. The lowest BCUT2D eigenvalue weighted by molar-refractivity contribution is -0.145. The number of ether oxygens (including phenoxy) is 4. The van der Waals surface area contributed by atoms with Crippen molar-refractivity contribution in [2.24, 2.45) is 0 Å². The fourth-order valence-electron chi connectivity index (χ4n) is 5.16. The predicted octanol–water partition coefficient (Wildman–Crippen LogP) is 7.55. The van der Waals surface area contributed by atoms with E-state index in [9.17, 15) is 14.4 Å². The third-order valence-corrected chi connectivity index (χ3v) is 7.25. The summed E-state index contributed by atoms with van der Waals surface area (Å²) in [5.74, 6) is 0.556. The molecule has 1 aliphatic heterocycles. The second kappa shape index (κ2) is 17.9. The van der Waals surface area contributed by atoms with Crippen LogP contribution in [0.15, 0.2) is 12.1 Å². The summed E-state index contributed by atoms with van der Waals surface area (Å²) in [5, 5.41) is 0. The van der Waals surface area contributed by atoms with Gasteiger partial charge in [-0.2, -0.15) is 0 Å². The summed E-state index contributed by atoms with van der Waals surface area (Å²) in [7, 11) is 0. The van der Waals surface area contributed by atoms with E-state index in [0.717, 1.165) is 30.6 Å². The third-order valence-electron chi connectivity index (χ3n) is 7.25. The largest absolute Gasteiger partial charge is 0.493 e. The molecule has 0 aliphatic carbocycles. The number of esters is 2. The zero-order valence-corrected chi connectivity index (χ0v) is 24.7. The summed E-state index contributed by atoms with van der Waals surface area (Å²) < 4.78 is 23.1. The average Bonchev–Trinajstić information content (AvgIpc) is 2.91. The molecule has 39 heavy (non-hydrogen) atoms. The maximum Gasteiger partial charge on any atom is 0.305 e. The van der Waals surface area contributed by atoms with Crippen LogP contribution >= 0.6 is 0 Å². The van der Waals surface area contributed by atoms with Crippen LogP contribution in [0.1, 0.15) is 134 Å². The maximum atomic E-state index is 13.4. The van der Waals surface area contributed by atoms with Crippen LogP contribution in [-0.4, -0.2) is 43.1 Å². The molecular formula is C32H50O7. The Morgan fingerprint density at radius 1 is 0.821 bits per heavy atom. The van der Waals surface area contributed by atoms with Gasteiger partial charge in [-0.25, -0.2) is 0 Å². The van der Waals surface area contributed by atoms with E-state index in [0.29, 0.717) is 24.3 Å². The number of carbonyl (C=O) groups is 3. The summed E-state index contributed by atoms with van der Waals surface area (Å²) in [5.41, 5.74) is 0.447. The molecule has 0 saturated carbocycles. The Morgan fingerprint density at radius 3 is 1.97 bits per heavy atom. The van der Waals surface area contributed by atoms with Crippen LogP contribution < -0.4 is 9.47 Å². The van der Waals surface area contributed by atoms with Crippen molar-refractivity contribution in [3.8, 4) is 11.5 Å². The Hall–Kier alpha value is -2.57. The fourth-order valence-corrected chi connectivity index (χ4v) is 5.16. The van der Waals surface area contributed by atoms with Gasteiger partial charge in [0, 0.05) is 18.4 Å². The molecular weight excluding hydrogens is 496 g/mol. The van der Waals surface area contributed by atoms with Crippen molar-refractivity contribution in [2.75, 3.05) is 19.8 Å². The highest BCUT2D eigenvalue weighted by molar-refractivity contribution is 6.01. The minimum absolute atomic E-state index is 0.0454. The third kappa shape index (κ3) is 10.8. The van der Waals surface area contributed by atoms with Gasteiger partial charge in [-0.05, 0) is 51.7 Å². The van der Waals surface area contributed by atoms with Gasteiger partial charge in [0.1, 0.15) is 17.1 Å². The molecule has 0 bridgehead atoms. The Balaban J connectivity index is 2.17. The summed E-state index contributed by atoms with van der Waals surface area (Å²) in [6.45, 7) is 9.04. The smallest absolute Gasteiger partial charge is 0.305 e. The van der Waals surface area contributed by atoms with E-state index in [2.05, 4.69) is 13.8 Å². The monoisotopic (exact) mass is 546 g/mol. The molecule has 1 aromatic carbocycles. The SMILES string of the molecule is CCCCCCCCCCOc1ccc2c(c1CCC)OC(CCC(=O)OCC)(CCC(=O)OCC)CC2=O. The van der Waals surface area contributed by atoms with Crippen LogP contribution in [0, 0.1) is 0 Å². The van der Waals surface area contributed by atoms with Crippen LogP contribution in [0.5, 0.6) is 11.5 Å². The minimum Gasteiger partial charge on any atom is -0.493 e. The van der Waals surface area contributed by atoms with Crippen molar-refractivity contribution in [1.82, 2.24) is 0 Å². The summed E-state index contributed by atoms with van der Waals surface area (Å²) in [4.78, 5) is 37.8. The molecule has 0 atom stereocenters. The molecule has 7 nitrogen and oxygen atoms in total. The normalized spacial score (nSPS) is 13.9. The van der Waals surface area contributed by atoms with Crippen molar-refractivity contribution in [3.63, 3.8) is 0 Å². The van der Waals surface area contributed by atoms with E-state index in [1.54, 1.807) is 19.9 Å². The molecule has 1 heterocycles. The van der Waals surface area contributed by atoms with Crippen molar-refractivity contribution in [2.45, 2.75) is 130 Å². The molecule has 1 aromatic rings. The van der Waals surface area contributed by atoms with Gasteiger partial charge in [0.15, 0.2) is 5.78 Å². The molecule has 220 valence electrons. The summed E-state index contributed by atoms with van der Waals surface area (Å²) in [6, 6.07) is 3.68. The van der Waals surface area contributed by atoms with Crippen molar-refractivity contribution >= 4 is 17.7 Å². The zero-order chi connectivity index (χ0) is 28.5. The van der Waals surface area contributed by atoms with E-state index >= 15 is 0 Å². The van der Waals surface area contributed by atoms with Crippen LogP contribution in [0.3, 0.4) is 0 Å². The second-order valence-electron chi connectivity index (χ2n) is 10.5. The van der Waals surface area contributed by atoms with Crippen LogP contribution in [0.2, 0.25) is 0 Å². The molecule has 0 aromatic heterocycles. The van der Waals surface area contributed by atoms with Crippen LogP contribution in [0.4, 0.5) is 0 Å². The number of unbranched alkanes of at least 4 members (excludes halogenated alkanes) is 7. The number of carbonyl (C=O) groups excluding carboxylic acids is 3. The van der Waals surface area contributed by atoms with Gasteiger partial charge in [0.05, 0.1) is 31.8 Å². The number of benzene rings is 1. The number of hydrogen-bond acceptors (Lipinski definition) is 7. The van der Waals surface area contributed by atoms with Gasteiger partial charge in [-0.1, -0.05) is 65.2 Å². The molecule has 7 heteroatoms. The lowest BCUT2D eigenvalue weighted by atomic mass is 9.82. The first-order chi connectivity index (χ1) is 18.9. The molecule has 0 N–H and O–H groups in total. The van der Waals surface area contributed by atoms with Crippen molar-refractivity contribution in [1.29, 1.82) is 0 Å². The number of hydrogen-bond donors (Lipinski definition) is 0. The van der Waals surface area contributed by atoms with E-state index in [1.807, 2.05) is 6.07 Å². The van der Waals surface area contributed by atoms with Crippen molar-refractivity contribution < 1.29 is 33.3 Å². The van der Waals surface area contributed by atoms with E-state index in [-0.39, 0.29) is 63.0 Å². The number of fused-ring (bicyclic) bond motifs is 1. The van der Waals surface area contributed by atoms with E-state index < -0.39 is 5.60 Å². The summed E-state index contributed by atoms with van der Waals surface area (Å²) in [6.07, 6.45) is 12.3. The molecule has 0 saturated heterocycles. The molecule has 0 amide bonds. The van der Waals surface area contributed by atoms with Gasteiger partial charge in [0.2, 0.25) is 0 Å². The Morgan fingerprint density at radius 2 is 1.41 bits per heavy atom. The number of ketones is 1. The van der Waals surface area contributed by atoms with E-state index in [4.69, 9.17) is 18.9 Å². The first kappa shape index (κ1) is 32.6. The predicted molar refractivity (Wildman–Crippen MR) is 153 cm³/mol. The standard InChI is InChI=1S/C32H50O7/c1-5-9-10-11-12-13-14-15-23-38-28-18-17-25-27(33)24-32(21-19-29(34)36-7-3,22-20-30(35)37-8-4)39-31(25)26(28)16-6-2/h17-18H,5-16,19-24H2,1-4H3. The zero-order valence-electron chi connectivity index (χ0n) is 24.7. The summed E-state index contributed by atoms with van der Waals surface area (Å²) >= 11 is 0.